The number of halogens is 2. The number of benzene rings is 3. The number of pyridine rings is 1. The van der Waals surface area contributed by atoms with E-state index in [0.29, 0.717) is 6.54 Å². The number of ether oxygens (including phenoxy) is 9. The summed E-state index contributed by atoms with van der Waals surface area (Å²) >= 11 is 0. The number of hydrogen-bond donors (Lipinski definition) is 0. The third-order valence-corrected chi connectivity index (χ3v) is 9.21. The van der Waals surface area contributed by atoms with Crippen molar-refractivity contribution in [2.75, 3.05) is 33.5 Å². The Kier molecular flexibility index (Phi) is 9.78. The highest BCUT2D eigenvalue weighted by Crippen LogP contribution is 2.44. The van der Waals surface area contributed by atoms with Gasteiger partial charge in [-0.05, 0) is 43.7 Å². The lowest BCUT2D eigenvalue weighted by Gasteiger charge is -2.27. The summed E-state index contributed by atoms with van der Waals surface area (Å²) in [6.45, 7) is 5.02. The second-order valence-corrected chi connectivity index (χ2v) is 13.4. The smallest absolute Gasteiger partial charge is 0.263 e. The molecule has 3 saturated heterocycles. The Morgan fingerprint density at radius 1 is 0.944 bits per heavy atom. The van der Waals surface area contributed by atoms with E-state index >= 15 is 8.78 Å². The first-order valence-electron chi connectivity index (χ1n) is 17.3. The molecule has 5 unspecified atom stereocenters. The maximum atomic E-state index is 16.7. The van der Waals surface area contributed by atoms with Crippen LogP contribution in [-0.2, 0) is 30.3 Å². The van der Waals surface area contributed by atoms with Gasteiger partial charge in [0.2, 0.25) is 17.4 Å². The molecule has 280 valence electrons. The minimum Gasteiger partial charge on any atom is -0.485 e. The highest BCUT2D eigenvalue weighted by Gasteiger charge is 2.56. The summed E-state index contributed by atoms with van der Waals surface area (Å²) in [5, 5.41) is 9.68. The lowest BCUT2D eigenvalue weighted by Crippen LogP contribution is -2.45. The number of fused-ring (bicyclic) bond motifs is 1. The van der Waals surface area contributed by atoms with Crippen LogP contribution in [-0.4, -0.2) is 85.7 Å². The Labute approximate surface area is 309 Å². The molecule has 0 spiro atoms. The minimum atomic E-state index is -1.29. The molecule has 5 heterocycles. The summed E-state index contributed by atoms with van der Waals surface area (Å²) in [6.07, 6.45) is -4.47. The van der Waals surface area contributed by atoms with Crippen LogP contribution < -0.4 is 18.9 Å². The molecule has 15 heteroatoms. The van der Waals surface area contributed by atoms with Crippen molar-refractivity contribution < 1.29 is 51.4 Å². The van der Waals surface area contributed by atoms with E-state index in [9.17, 15) is 5.26 Å². The average molecular weight is 743 g/mol. The number of likely N-dealkylation sites (N-methyl/N-ethyl adjacent to an activating group) is 1. The molecular weight excluding hydrogens is 706 g/mol. The molecule has 1 aromatic heterocycles. The topological polar surface area (TPSA) is 135 Å². The van der Waals surface area contributed by atoms with Crippen molar-refractivity contribution in [1.29, 1.82) is 5.26 Å². The number of hydrogen-bond acceptors (Lipinski definition) is 13. The predicted octanol–water partition coefficient (Wildman–Crippen LogP) is 6.08. The quantitative estimate of drug-likeness (QED) is 0.176. The number of amidine groups is 1. The van der Waals surface area contributed by atoms with E-state index in [-0.39, 0.29) is 42.8 Å². The molecule has 0 bridgehead atoms. The molecule has 3 fully saturated rings. The van der Waals surface area contributed by atoms with Crippen molar-refractivity contribution >= 4 is 5.84 Å². The van der Waals surface area contributed by atoms with Crippen LogP contribution in [0.2, 0.25) is 0 Å². The van der Waals surface area contributed by atoms with Gasteiger partial charge in [0.15, 0.2) is 42.6 Å². The largest absolute Gasteiger partial charge is 0.485 e. The van der Waals surface area contributed by atoms with Gasteiger partial charge in [0, 0.05) is 25.2 Å². The number of aromatic nitrogens is 1. The highest BCUT2D eigenvalue weighted by atomic mass is 19.1. The summed E-state index contributed by atoms with van der Waals surface area (Å²) in [5.74, 6) is -4.67. The Balaban J connectivity index is 1.17. The van der Waals surface area contributed by atoms with E-state index in [2.05, 4.69) is 9.98 Å². The van der Waals surface area contributed by atoms with Gasteiger partial charge in [0.1, 0.15) is 30.4 Å². The van der Waals surface area contributed by atoms with Gasteiger partial charge in [-0.15, -0.1) is 0 Å². The number of nitrogens with zero attached hydrogens (tertiary/aromatic N) is 4. The molecule has 8 rings (SSSR count). The van der Waals surface area contributed by atoms with Crippen molar-refractivity contribution in [3.8, 4) is 40.8 Å². The first-order valence-corrected chi connectivity index (χ1v) is 17.3. The summed E-state index contributed by atoms with van der Waals surface area (Å²) in [7, 11) is 1.92. The Hall–Kier alpha value is -5.37. The summed E-state index contributed by atoms with van der Waals surface area (Å²) < 4.78 is 86.8. The van der Waals surface area contributed by atoms with Gasteiger partial charge in [-0.25, -0.2) is 0 Å². The zero-order chi connectivity index (χ0) is 37.4. The summed E-state index contributed by atoms with van der Waals surface area (Å²) in [5.41, 5.74) is 1.78. The first-order chi connectivity index (χ1) is 26.2. The highest BCUT2D eigenvalue weighted by molar-refractivity contribution is 5.99. The van der Waals surface area contributed by atoms with E-state index in [1.807, 2.05) is 54.4 Å². The van der Waals surface area contributed by atoms with Crippen LogP contribution in [0.4, 0.5) is 8.78 Å². The van der Waals surface area contributed by atoms with Gasteiger partial charge in [-0.3, -0.25) is 4.99 Å². The van der Waals surface area contributed by atoms with Gasteiger partial charge in [0.05, 0.1) is 24.8 Å². The van der Waals surface area contributed by atoms with E-state index in [0.717, 1.165) is 23.5 Å². The lowest BCUT2D eigenvalue weighted by molar-refractivity contribution is -0.183. The molecule has 0 saturated carbocycles. The molecule has 3 aromatic carbocycles. The average Bonchev–Trinajstić information content (AvgIpc) is 3.97. The van der Waals surface area contributed by atoms with Crippen molar-refractivity contribution in [2.24, 2.45) is 4.99 Å². The number of aliphatic imine (C=N–C) groups is 1. The third-order valence-electron chi connectivity index (χ3n) is 9.21. The first kappa shape index (κ1) is 35.6. The van der Waals surface area contributed by atoms with Crippen LogP contribution in [0.1, 0.15) is 30.5 Å². The summed E-state index contributed by atoms with van der Waals surface area (Å²) in [4.78, 5) is 10.7. The van der Waals surface area contributed by atoms with Gasteiger partial charge >= 0.3 is 0 Å². The number of nitriles is 1. The molecule has 0 N–H and O–H groups in total. The Bertz CT molecular complexity index is 2100. The fourth-order valence-corrected chi connectivity index (χ4v) is 6.58. The van der Waals surface area contributed by atoms with Crippen LogP contribution in [0.15, 0.2) is 77.8 Å². The standard InChI is InChI=1S/C39H36F2N4O9/c1-39(2)49-20-28(54-39)31-33(34-38(53-31)48-21-47-34)52-32-29(40)36(50-25-11-7-10-24(17-25)35-43-14-15-45(35)3)44-37(30(32)41)51-27-16-23(18-42)12-13-26(27)46-19-22-8-5-4-6-9-22/h4-13,16-17,28,31,33-34,38H,14-15,19-21H2,1-3H3. The van der Waals surface area contributed by atoms with E-state index in [1.54, 1.807) is 32.0 Å². The van der Waals surface area contributed by atoms with Crippen LogP contribution in [0, 0.1) is 23.0 Å². The second kappa shape index (κ2) is 14.8. The fourth-order valence-electron chi connectivity index (χ4n) is 6.58. The molecule has 4 aromatic rings. The van der Waals surface area contributed by atoms with Crippen LogP contribution in [0.25, 0.3) is 0 Å². The van der Waals surface area contributed by atoms with Crippen molar-refractivity contribution in [1.82, 2.24) is 9.88 Å². The van der Waals surface area contributed by atoms with Crippen LogP contribution in [0.3, 0.4) is 0 Å². The van der Waals surface area contributed by atoms with Crippen molar-refractivity contribution in [3.63, 3.8) is 0 Å². The summed E-state index contributed by atoms with van der Waals surface area (Å²) in [6, 6.07) is 22.6. The monoisotopic (exact) mass is 742 g/mol. The Morgan fingerprint density at radius 3 is 2.50 bits per heavy atom. The maximum absolute atomic E-state index is 16.7. The molecule has 5 atom stereocenters. The molecule has 54 heavy (non-hydrogen) atoms. The molecule has 0 amide bonds. The predicted molar refractivity (Wildman–Crippen MR) is 186 cm³/mol. The van der Waals surface area contributed by atoms with Crippen molar-refractivity contribution in [2.45, 2.75) is 56.9 Å². The molecule has 0 aliphatic carbocycles. The van der Waals surface area contributed by atoms with Gasteiger partial charge in [-0.1, -0.05) is 42.5 Å². The van der Waals surface area contributed by atoms with Crippen LogP contribution in [0.5, 0.6) is 34.8 Å². The zero-order valence-corrected chi connectivity index (χ0v) is 29.6. The van der Waals surface area contributed by atoms with Gasteiger partial charge in [-0.2, -0.15) is 19.0 Å². The molecule has 13 nitrogen and oxygen atoms in total. The van der Waals surface area contributed by atoms with Crippen LogP contribution >= 0.6 is 0 Å². The fraction of sp³-hybridized carbons (Fsp3) is 0.359. The molecule has 4 aliphatic rings. The third kappa shape index (κ3) is 7.26. The Morgan fingerprint density at radius 2 is 1.76 bits per heavy atom. The van der Waals surface area contributed by atoms with Gasteiger partial charge in [0.25, 0.3) is 11.8 Å². The maximum Gasteiger partial charge on any atom is 0.263 e. The van der Waals surface area contributed by atoms with E-state index < -0.39 is 65.6 Å². The normalized spacial score (nSPS) is 24.2. The van der Waals surface area contributed by atoms with Crippen molar-refractivity contribution in [3.05, 3.63) is 101 Å². The molecule has 0 radical (unpaired) electrons. The molecular formula is C39H36F2N4O9. The van der Waals surface area contributed by atoms with E-state index in [4.69, 9.17) is 42.6 Å². The minimum absolute atomic E-state index is 0.0578. The second-order valence-electron chi connectivity index (χ2n) is 13.4. The van der Waals surface area contributed by atoms with E-state index in [1.165, 1.54) is 18.2 Å². The van der Waals surface area contributed by atoms with Gasteiger partial charge < -0.3 is 47.5 Å². The SMILES string of the molecule is CN1CCN=C1c1cccc(Oc2nc(Oc3cc(C#N)ccc3OCc3ccccc3)c(F)c(OC3C(C4COC(C)(C)O4)OC4OCOC43)c2F)c1. The zero-order valence-electron chi connectivity index (χ0n) is 29.6. The lowest BCUT2D eigenvalue weighted by atomic mass is 10.1. The molecule has 4 aliphatic heterocycles. The number of rotatable bonds is 11.